The second-order valence-corrected chi connectivity index (χ2v) is 6.09. The van der Waals surface area contributed by atoms with Gasteiger partial charge in [-0.3, -0.25) is 14.9 Å². The molecule has 0 spiro atoms. The number of nitrogens with zero attached hydrogens (tertiary/aromatic N) is 2. The zero-order valence-electron chi connectivity index (χ0n) is 14.7. The quantitative estimate of drug-likeness (QED) is 0.318. The van der Waals surface area contributed by atoms with Crippen LogP contribution in [-0.2, 0) is 4.79 Å². The van der Waals surface area contributed by atoms with E-state index in [4.69, 9.17) is 32.7 Å². The summed E-state index contributed by atoms with van der Waals surface area (Å²) in [7, 11) is 2.88. The Labute approximate surface area is 170 Å². The number of hydrogen-bond acceptors (Lipinski definition) is 6. The average Bonchev–Trinajstić information content (AvgIpc) is 2.67. The van der Waals surface area contributed by atoms with Gasteiger partial charge in [-0.1, -0.05) is 23.2 Å². The van der Waals surface area contributed by atoms with E-state index in [1.807, 2.05) is 0 Å². The predicted octanol–water partition coefficient (Wildman–Crippen LogP) is 4.46. The second-order valence-electron chi connectivity index (χ2n) is 5.27. The van der Waals surface area contributed by atoms with Gasteiger partial charge in [0, 0.05) is 18.2 Å². The van der Waals surface area contributed by atoms with E-state index in [2.05, 4.69) is 5.32 Å². The van der Waals surface area contributed by atoms with Gasteiger partial charge in [0.1, 0.15) is 11.6 Å². The largest absolute Gasteiger partial charge is 0.493 e. The van der Waals surface area contributed by atoms with Crippen molar-refractivity contribution in [2.24, 2.45) is 0 Å². The fourth-order valence-corrected chi connectivity index (χ4v) is 2.57. The Balaban J connectivity index is 2.38. The van der Waals surface area contributed by atoms with Crippen molar-refractivity contribution in [2.75, 3.05) is 19.5 Å². The number of nitro benzene ring substituents is 1. The predicted molar refractivity (Wildman–Crippen MR) is 105 cm³/mol. The molecule has 0 saturated carbocycles. The first-order valence-corrected chi connectivity index (χ1v) is 8.35. The second kappa shape index (κ2) is 9.08. The summed E-state index contributed by atoms with van der Waals surface area (Å²) in [6.07, 6.45) is 1.25. The summed E-state index contributed by atoms with van der Waals surface area (Å²) in [6.45, 7) is 0. The minimum atomic E-state index is -0.809. The van der Waals surface area contributed by atoms with E-state index in [1.165, 1.54) is 44.6 Å². The normalized spacial score (nSPS) is 10.8. The monoisotopic (exact) mass is 421 g/mol. The number of hydrogen-bond donors (Lipinski definition) is 1. The molecule has 0 bridgehead atoms. The number of amides is 1. The molecule has 1 amide bonds. The molecule has 0 atom stereocenters. The first kappa shape index (κ1) is 21.0. The molecular formula is C18H13Cl2N3O5. The first-order chi connectivity index (χ1) is 13.3. The van der Waals surface area contributed by atoms with E-state index in [-0.39, 0.29) is 27.0 Å². The Morgan fingerprint density at radius 3 is 2.39 bits per heavy atom. The number of non-ortho nitro benzene ring substituents is 1. The maximum Gasteiger partial charge on any atom is 0.271 e. The molecule has 1 N–H and O–H groups in total. The number of carbonyl (C=O) groups is 1. The summed E-state index contributed by atoms with van der Waals surface area (Å²) in [5, 5.41) is 22.9. The minimum Gasteiger partial charge on any atom is -0.493 e. The van der Waals surface area contributed by atoms with Crippen molar-refractivity contribution in [3.8, 4) is 17.6 Å². The molecule has 2 aromatic carbocycles. The molecule has 28 heavy (non-hydrogen) atoms. The van der Waals surface area contributed by atoms with Crippen molar-refractivity contribution in [1.82, 2.24) is 0 Å². The molecule has 0 radical (unpaired) electrons. The molecular weight excluding hydrogens is 409 g/mol. The zero-order chi connectivity index (χ0) is 20.8. The Bertz CT molecular complexity index is 1020. The lowest BCUT2D eigenvalue weighted by Crippen LogP contribution is -2.14. The van der Waals surface area contributed by atoms with Crippen LogP contribution in [0.15, 0.2) is 35.9 Å². The summed E-state index contributed by atoms with van der Waals surface area (Å²) in [5.41, 5.74) is -0.210. The van der Waals surface area contributed by atoms with Crippen LogP contribution in [-0.4, -0.2) is 25.1 Å². The molecule has 10 heteroatoms. The number of nitrogens with one attached hydrogen (secondary N) is 1. The van der Waals surface area contributed by atoms with E-state index >= 15 is 0 Å². The standard InChI is InChI=1S/C18H13Cl2N3O5/c1-27-16-6-10(14(20)8-17(16)28-2)5-11(9-21)18(24)22-15-7-12(23(25)26)3-4-13(15)19/h3-8H,1-2H3,(H,22,24)/b11-5+. The lowest BCUT2D eigenvalue weighted by molar-refractivity contribution is -0.384. The fraction of sp³-hybridized carbons (Fsp3) is 0.111. The van der Waals surface area contributed by atoms with E-state index in [0.717, 1.165) is 6.07 Å². The lowest BCUT2D eigenvalue weighted by Gasteiger charge is -2.10. The van der Waals surface area contributed by atoms with E-state index < -0.39 is 10.8 Å². The topological polar surface area (TPSA) is 114 Å². The Morgan fingerprint density at radius 2 is 1.82 bits per heavy atom. The van der Waals surface area contributed by atoms with Crippen molar-refractivity contribution in [1.29, 1.82) is 5.26 Å². The van der Waals surface area contributed by atoms with Crippen molar-refractivity contribution in [3.05, 3.63) is 61.6 Å². The van der Waals surface area contributed by atoms with Gasteiger partial charge in [0.15, 0.2) is 11.5 Å². The zero-order valence-corrected chi connectivity index (χ0v) is 16.2. The summed E-state index contributed by atoms with van der Waals surface area (Å²) in [6, 6.07) is 8.32. The van der Waals surface area contributed by atoms with Gasteiger partial charge >= 0.3 is 0 Å². The van der Waals surface area contributed by atoms with Crippen LogP contribution >= 0.6 is 23.2 Å². The number of methoxy groups -OCH3 is 2. The van der Waals surface area contributed by atoms with Crippen LogP contribution in [0.25, 0.3) is 6.08 Å². The Hall–Kier alpha value is -3.28. The highest BCUT2D eigenvalue weighted by atomic mass is 35.5. The maximum absolute atomic E-state index is 12.4. The molecule has 0 aromatic heterocycles. The SMILES string of the molecule is COc1cc(Cl)c(/C=C(\C#N)C(=O)Nc2cc([N+](=O)[O-])ccc2Cl)cc1OC. The van der Waals surface area contributed by atoms with Crippen LogP contribution in [0.1, 0.15) is 5.56 Å². The molecule has 8 nitrogen and oxygen atoms in total. The number of benzene rings is 2. The van der Waals surface area contributed by atoms with Crippen molar-refractivity contribution in [3.63, 3.8) is 0 Å². The smallest absolute Gasteiger partial charge is 0.271 e. The fourth-order valence-electron chi connectivity index (χ4n) is 2.20. The molecule has 0 saturated heterocycles. The Morgan fingerprint density at radius 1 is 1.18 bits per heavy atom. The van der Waals surface area contributed by atoms with Gasteiger partial charge in [0.2, 0.25) is 0 Å². The van der Waals surface area contributed by atoms with Gasteiger partial charge in [0.25, 0.3) is 11.6 Å². The molecule has 0 heterocycles. The van der Waals surface area contributed by atoms with Crippen LogP contribution in [0.3, 0.4) is 0 Å². The summed E-state index contributed by atoms with van der Waals surface area (Å²) in [4.78, 5) is 22.7. The summed E-state index contributed by atoms with van der Waals surface area (Å²) in [5.74, 6) is -0.0655. The van der Waals surface area contributed by atoms with Crippen LogP contribution in [0.4, 0.5) is 11.4 Å². The molecule has 2 aromatic rings. The lowest BCUT2D eigenvalue weighted by atomic mass is 10.1. The molecule has 0 aliphatic heterocycles. The highest BCUT2D eigenvalue weighted by Crippen LogP contribution is 2.34. The van der Waals surface area contributed by atoms with E-state index in [1.54, 1.807) is 6.07 Å². The number of halogens is 2. The van der Waals surface area contributed by atoms with Crippen LogP contribution < -0.4 is 14.8 Å². The highest BCUT2D eigenvalue weighted by Gasteiger charge is 2.16. The van der Waals surface area contributed by atoms with Crippen LogP contribution in [0.2, 0.25) is 10.0 Å². The number of nitro groups is 1. The summed E-state index contributed by atoms with van der Waals surface area (Å²) < 4.78 is 10.3. The number of nitriles is 1. The number of carbonyl (C=O) groups excluding carboxylic acids is 1. The molecule has 0 unspecified atom stereocenters. The van der Waals surface area contributed by atoms with E-state index in [9.17, 15) is 20.2 Å². The average molecular weight is 422 g/mol. The molecule has 0 aliphatic carbocycles. The number of rotatable bonds is 6. The van der Waals surface area contributed by atoms with Gasteiger partial charge in [-0.15, -0.1) is 0 Å². The maximum atomic E-state index is 12.4. The minimum absolute atomic E-state index is 0.000394. The molecule has 0 aliphatic rings. The highest BCUT2D eigenvalue weighted by molar-refractivity contribution is 6.34. The van der Waals surface area contributed by atoms with Gasteiger partial charge in [-0.2, -0.15) is 5.26 Å². The number of ether oxygens (including phenoxy) is 2. The molecule has 144 valence electrons. The van der Waals surface area contributed by atoms with Gasteiger partial charge in [0.05, 0.1) is 34.9 Å². The van der Waals surface area contributed by atoms with Gasteiger partial charge in [-0.25, -0.2) is 0 Å². The third-order valence-electron chi connectivity index (χ3n) is 3.58. The molecule has 0 fully saturated rings. The molecule has 2 rings (SSSR count). The number of anilines is 1. The van der Waals surface area contributed by atoms with Gasteiger partial charge in [-0.05, 0) is 23.8 Å². The third-order valence-corrected chi connectivity index (χ3v) is 4.23. The van der Waals surface area contributed by atoms with Crippen LogP contribution in [0, 0.1) is 21.4 Å². The van der Waals surface area contributed by atoms with Crippen LogP contribution in [0.5, 0.6) is 11.5 Å². The van der Waals surface area contributed by atoms with Crippen molar-refractivity contribution < 1.29 is 19.2 Å². The summed E-state index contributed by atoms with van der Waals surface area (Å²) >= 11 is 12.1. The van der Waals surface area contributed by atoms with E-state index in [0.29, 0.717) is 17.1 Å². The van der Waals surface area contributed by atoms with Crippen molar-refractivity contribution >= 4 is 46.6 Å². The first-order valence-electron chi connectivity index (χ1n) is 7.59. The Kier molecular flexibility index (Phi) is 6.82. The van der Waals surface area contributed by atoms with Gasteiger partial charge < -0.3 is 14.8 Å². The van der Waals surface area contributed by atoms with Crippen molar-refractivity contribution in [2.45, 2.75) is 0 Å². The third kappa shape index (κ3) is 4.71.